The van der Waals surface area contributed by atoms with Crippen LogP contribution in [-0.4, -0.2) is 24.8 Å². The molecule has 0 aromatic heterocycles. The molecule has 0 amide bonds. The first-order valence-corrected chi connectivity index (χ1v) is 4.62. The minimum absolute atomic E-state index is 0.0669. The van der Waals surface area contributed by atoms with Crippen molar-refractivity contribution in [2.45, 2.75) is 6.92 Å². The Balaban J connectivity index is 2.96. The molecule has 16 heavy (non-hydrogen) atoms. The lowest BCUT2D eigenvalue weighted by Gasteiger charge is -2.08. The van der Waals surface area contributed by atoms with Gasteiger partial charge in [-0.2, -0.15) is 0 Å². The molecule has 0 aliphatic carbocycles. The van der Waals surface area contributed by atoms with Crippen LogP contribution in [0.25, 0.3) is 0 Å². The lowest BCUT2D eigenvalue weighted by molar-refractivity contribution is 0.0692. The zero-order valence-corrected chi connectivity index (χ0v) is 9.11. The van der Waals surface area contributed by atoms with Crippen LogP contribution in [0, 0.1) is 11.8 Å². The predicted octanol–water partition coefficient (Wildman–Crippen LogP) is 1.80. The summed E-state index contributed by atoms with van der Waals surface area (Å²) in [5.41, 5.74) is 0.0669. The minimum Gasteiger partial charge on any atom is -0.497 e. The Labute approximate surface area is 93.8 Å². The van der Waals surface area contributed by atoms with E-state index in [-0.39, 0.29) is 17.9 Å². The van der Waals surface area contributed by atoms with Crippen LogP contribution < -0.4 is 9.47 Å². The quantitative estimate of drug-likeness (QED) is 0.786. The number of carboxylic acids is 1. The standard InChI is InChI=1S/C12H12O4/c1-3-4-7-16-11-6-5-9(15-2)8-10(11)12(13)14/h5-6,8H,7H2,1-2H3,(H,13,14). The maximum absolute atomic E-state index is 11.0. The highest BCUT2D eigenvalue weighted by atomic mass is 16.5. The van der Waals surface area contributed by atoms with E-state index in [0.29, 0.717) is 5.75 Å². The van der Waals surface area contributed by atoms with Gasteiger partial charge in [-0.15, -0.1) is 5.92 Å². The van der Waals surface area contributed by atoms with Crippen LogP contribution in [0.5, 0.6) is 11.5 Å². The number of ether oxygens (including phenoxy) is 2. The fraction of sp³-hybridized carbons (Fsp3) is 0.250. The van der Waals surface area contributed by atoms with E-state index in [1.54, 1.807) is 19.1 Å². The van der Waals surface area contributed by atoms with Gasteiger partial charge in [-0.25, -0.2) is 4.79 Å². The monoisotopic (exact) mass is 220 g/mol. The minimum atomic E-state index is -1.06. The van der Waals surface area contributed by atoms with Crippen LogP contribution in [0.2, 0.25) is 0 Å². The predicted molar refractivity (Wildman–Crippen MR) is 58.9 cm³/mol. The first-order chi connectivity index (χ1) is 7.69. The lowest BCUT2D eigenvalue weighted by atomic mass is 10.2. The van der Waals surface area contributed by atoms with Gasteiger partial charge in [0.15, 0.2) is 0 Å². The van der Waals surface area contributed by atoms with E-state index in [2.05, 4.69) is 11.8 Å². The summed E-state index contributed by atoms with van der Waals surface area (Å²) >= 11 is 0. The zero-order chi connectivity index (χ0) is 12.0. The summed E-state index contributed by atoms with van der Waals surface area (Å²) in [5, 5.41) is 8.97. The van der Waals surface area contributed by atoms with Crippen molar-refractivity contribution in [3.63, 3.8) is 0 Å². The SMILES string of the molecule is CC#CCOc1ccc(OC)cc1C(=O)O. The first-order valence-electron chi connectivity index (χ1n) is 4.62. The summed E-state index contributed by atoms with van der Waals surface area (Å²) in [6, 6.07) is 4.61. The zero-order valence-electron chi connectivity index (χ0n) is 9.11. The number of hydrogen-bond donors (Lipinski definition) is 1. The summed E-state index contributed by atoms with van der Waals surface area (Å²) in [7, 11) is 1.48. The molecule has 0 aliphatic heterocycles. The van der Waals surface area contributed by atoms with Crippen molar-refractivity contribution >= 4 is 5.97 Å². The lowest BCUT2D eigenvalue weighted by Crippen LogP contribution is -2.03. The van der Waals surface area contributed by atoms with E-state index < -0.39 is 5.97 Å². The molecule has 4 nitrogen and oxygen atoms in total. The molecule has 0 unspecified atom stereocenters. The Bertz CT molecular complexity index is 440. The van der Waals surface area contributed by atoms with Gasteiger partial charge in [0.05, 0.1) is 7.11 Å². The summed E-state index contributed by atoms with van der Waals surface area (Å²) in [5.74, 6) is 5.07. The number of hydrogen-bond acceptors (Lipinski definition) is 3. The maximum atomic E-state index is 11.0. The van der Waals surface area contributed by atoms with Crippen molar-refractivity contribution < 1.29 is 19.4 Å². The molecular weight excluding hydrogens is 208 g/mol. The Morgan fingerprint density at radius 1 is 1.50 bits per heavy atom. The fourth-order valence-electron chi connectivity index (χ4n) is 1.12. The van der Waals surface area contributed by atoms with E-state index in [1.807, 2.05) is 0 Å². The van der Waals surface area contributed by atoms with Crippen molar-refractivity contribution in [2.75, 3.05) is 13.7 Å². The molecule has 0 radical (unpaired) electrons. The largest absolute Gasteiger partial charge is 0.497 e. The highest BCUT2D eigenvalue weighted by Crippen LogP contribution is 2.24. The highest BCUT2D eigenvalue weighted by molar-refractivity contribution is 5.91. The smallest absolute Gasteiger partial charge is 0.339 e. The van der Waals surface area contributed by atoms with E-state index in [0.717, 1.165) is 0 Å². The van der Waals surface area contributed by atoms with Gasteiger partial charge in [-0.1, -0.05) is 5.92 Å². The average Bonchev–Trinajstić information content (AvgIpc) is 2.29. The molecule has 84 valence electrons. The molecule has 0 fully saturated rings. The third kappa shape index (κ3) is 2.92. The average molecular weight is 220 g/mol. The molecule has 1 N–H and O–H groups in total. The van der Waals surface area contributed by atoms with Crippen molar-refractivity contribution in [1.29, 1.82) is 0 Å². The Hall–Kier alpha value is -2.15. The van der Waals surface area contributed by atoms with Crippen LogP contribution in [0.15, 0.2) is 18.2 Å². The van der Waals surface area contributed by atoms with Gasteiger partial charge in [-0.3, -0.25) is 0 Å². The molecule has 1 aromatic rings. The van der Waals surface area contributed by atoms with Crippen LogP contribution in [-0.2, 0) is 0 Å². The molecule has 1 aromatic carbocycles. The molecule has 0 saturated heterocycles. The second kappa shape index (κ2) is 5.66. The number of rotatable bonds is 4. The third-order valence-electron chi connectivity index (χ3n) is 1.89. The summed E-state index contributed by atoms with van der Waals surface area (Å²) < 4.78 is 10.2. The van der Waals surface area contributed by atoms with Crippen LogP contribution in [0.4, 0.5) is 0 Å². The van der Waals surface area contributed by atoms with Crippen molar-refractivity contribution in [1.82, 2.24) is 0 Å². The van der Waals surface area contributed by atoms with Crippen molar-refractivity contribution in [3.05, 3.63) is 23.8 Å². The fourth-order valence-corrected chi connectivity index (χ4v) is 1.12. The molecule has 4 heteroatoms. The maximum Gasteiger partial charge on any atom is 0.339 e. The first kappa shape index (κ1) is 11.9. The molecule has 0 bridgehead atoms. The van der Waals surface area contributed by atoms with Gasteiger partial charge < -0.3 is 14.6 Å². The summed E-state index contributed by atoms with van der Waals surface area (Å²) in [6.45, 7) is 1.86. The number of carboxylic acid groups (broad SMARTS) is 1. The summed E-state index contributed by atoms with van der Waals surface area (Å²) in [4.78, 5) is 11.0. The molecule has 0 heterocycles. The van der Waals surface area contributed by atoms with E-state index in [4.69, 9.17) is 14.6 Å². The Morgan fingerprint density at radius 3 is 2.81 bits per heavy atom. The Kier molecular flexibility index (Phi) is 4.22. The van der Waals surface area contributed by atoms with Gasteiger partial charge in [0, 0.05) is 0 Å². The van der Waals surface area contributed by atoms with Crippen molar-refractivity contribution in [3.8, 4) is 23.3 Å². The van der Waals surface area contributed by atoms with Crippen LogP contribution in [0.3, 0.4) is 0 Å². The third-order valence-corrected chi connectivity index (χ3v) is 1.89. The second-order valence-electron chi connectivity index (χ2n) is 2.88. The second-order valence-corrected chi connectivity index (χ2v) is 2.88. The normalized spacial score (nSPS) is 8.88. The molecule has 0 aliphatic rings. The number of aromatic carboxylic acids is 1. The van der Waals surface area contributed by atoms with E-state index in [1.165, 1.54) is 13.2 Å². The number of carbonyl (C=O) groups is 1. The van der Waals surface area contributed by atoms with Crippen LogP contribution in [0.1, 0.15) is 17.3 Å². The van der Waals surface area contributed by atoms with Gasteiger partial charge in [0.2, 0.25) is 0 Å². The van der Waals surface area contributed by atoms with E-state index in [9.17, 15) is 4.79 Å². The Morgan fingerprint density at radius 2 is 2.25 bits per heavy atom. The summed E-state index contributed by atoms with van der Waals surface area (Å²) in [6.07, 6.45) is 0. The highest BCUT2D eigenvalue weighted by Gasteiger charge is 2.12. The van der Waals surface area contributed by atoms with Gasteiger partial charge >= 0.3 is 5.97 Å². The molecule has 0 saturated carbocycles. The van der Waals surface area contributed by atoms with Gasteiger partial charge in [0.1, 0.15) is 23.7 Å². The molecule has 0 atom stereocenters. The topological polar surface area (TPSA) is 55.8 Å². The molecule has 0 spiro atoms. The number of benzene rings is 1. The van der Waals surface area contributed by atoms with Crippen LogP contribution >= 0.6 is 0 Å². The number of methoxy groups -OCH3 is 1. The van der Waals surface area contributed by atoms with E-state index >= 15 is 0 Å². The molecule has 1 rings (SSSR count). The van der Waals surface area contributed by atoms with Gasteiger partial charge in [0.25, 0.3) is 0 Å². The molecular formula is C12H12O4. The van der Waals surface area contributed by atoms with Gasteiger partial charge in [-0.05, 0) is 25.1 Å². The van der Waals surface area contributed by atoms with Crippen molar-refractivity contribution in [2.24, 2.45) is 0 Å².